The van der Waals surface area contributed by atoms with Gasteiger partial charge in [0.15, 0.2) is 6.54 Å². The van der Waals surface area contributed by atoms with Crippen LogP contribution in [0.25, 0.3) is 16.3 Å². The number of hydrogen-bond acceptors (Lipinski definition) is 7. The molecule has 45 heavy (non-hydrogen) atoms. The van der Waals surface area contributed by atoms with E-state index in [9.17, 15) is 16.8 Å². The molecule has 0 atom stereocenters. The zero-order chi connectivity index (χ0) is 32.0. The maximum atomic E-state index is 11.2. The fourth-order valence-corrected chi connectivity index (χ4v) is 9.11. The molecule has 8 nitrogen and oxygen atoms in total. The van der Waals surface area contributed by atoms with Gasteiger partial charge in [0, 0.05) is 35.0 Å². The number of para-hydroxylation sites is 2. The molecule has 13 heteroatoms. The van der Waals surface area contributed by atoms with Crippen LogP contribution in [0.3, 0.4) is 0 Å². The largest absolute Gasteiger partial charge is 0.335 e. The Morgan fingerprint density at radius 3 is 2.36 bits per heavy atom. The first-order chi connectivity index (χ1) is 21.5. The molecule has 5 rings (SSSR count). The highest BCUT2D eigenvalue weighted by molar-refractivity contribution is 8.03. The molecule has 1 aromatic heterocycles. The van der Waals surface area contributed by atoms with Crippen LogP contribution in [0.5, 0.6) is 0 Å². The van der Waals surface area contributed by atoms with Crippen molar-refractivity contribution in [1.29, 1.82) is 0 Å². The number of fused-ring (bicyclic) bond motifs is 2. The average molecular weight is 708 g/mol. The molecule has 0 saturated carbocycles. The Balaban J connectivity index is 1.35. The minimum Gasteiger partial charge on any atom is -0.335 e. The van der Waals surface area contributed by atoms with Gasteiger partial charge in [0.2, 0.25) is 5.52 Å². The van der Waals surface area contributed by atoms with E-state index < -0.39 is 20.2 Å². The summed E-state index contributed by atoms with van der Waals surface area (Å²) in [6.07, 6.45) is 13.1. The number of thioether (sulfide) groups is 1. The molecule has 2 N–H and O–H groups in total. The molecule has 2 heterocycles. The highest BCUT2D eigenvalue weighted by atomic mass is 35.5. The monoisotopic (exact) mass is 707 g/mol. The zero-order valence-corrected chi connectivity index (χ0v) is 28.7. The molecule has 0 bridgehead atoms. The molecule has 2 aromatic carbocycles. The van der Waals surface area contributed by atoms with Crippen LogP contribution in [-0.4, -0.2) is 44.0 Å². The van der Waals surface area contributed by atoms with Crippen molar-refractivity contribution in [2.75, 3.05) is 23.0 Å². The lowest BCUT2D eigenvalue weighted by Crippen LogP contribution is -2.35. The van der Waals surface area contributed by atoms with Crippen LogP contribution < -0.4 is 9.47 Å². The highest BCUT2D eigenvalue weighted by Crippen LogP contribution is 2.46. The summed E-state index contributed by atoms with van der Waals surface area (Å²) in [7, 11) is -7.95. The second-order valence-corrected chi connectivity index (χ2v) is 16.6. The molecule has 240 valence electrons. The summed E-state index contributed by atoms with van der Waals surface area (Å²) >= 11 is 10.3. The first-order valence-electron chi connectivity index (χ1n) is 14.8. The second kappa shape index (κ2) is 15.0. The number of aryl methyl sites for hydroxylation is 1. The number of anilines is 1. The van der Waals surface area contributed by atoms with E-state index in [1.807, 2.05) is 24.3 Å². The Kier molecular flexibility index (Phi) is 11.3. The SMILES string of the molecule is O=S(=O)(O)CCCCN1/C(=C\C=C2\CCCC(/C=C/c3sc4ccccc4[n+]3CCCCS(=O)(=O)O)=C2Cl)Sc2ccccc21. The Bertz CT molecular complexity index is 1890. The van der Waals surface area contributed by atoms with Crippen LogP contribution in [0.1, 0.15) is 50.0 Å². The molecule has 0 saturated heterocycles. The Morgan fingerprint density at radius 2 is 1.58 bits per heavy atom. The van der Waals surface area contributed by atoms with E-state index in [1.54, 1.807) is 23.1 Å². The smallest absolute Gasteiger partial charge is 0.264 e. The molecule has 0 amide bonds. The van der Waals surface area contributed by atoms with Crippen molar-refractivity contribution >= 4 is 76.9 Å². The maximum absolute atomic E-state index is 11.2. The van der Waals surface area contributed by atoms with Crippen molar-refractivity contribution in [3.63, 3.8) is 0 Å². The number of allylic oxidation sites excluding steroid dienone is 6. The zero-order valence-electron chi connectivity index (χ0n) is 24.6. The van der Waals surface area contributed by atoms with Crippen molar-refractivity contribution in [3.05, 3.63) is 93.0 Å². The van der Waals surface area contributed by atoms with Gasteiger partial charge in [-0.1, -0.05) is 71.1 Å². The van der Waals surface area contributed by atoms with E-state index in [2.05, 4.69) is 58.0 Å². The van der Waals surface area contributed by atoms with Crippen LogP contribution in [0, 0.1) is 0 Å². The second-order valence-electron chi connectivity index (χ2n) is 11.0. The van der Waals surface area contributed by atoms with E-state index >= 15 is 0 Å². The number of halogens is 1. The molecule has 1 aliphatic heterocycles. The topological polar surface area (TPSA) is 116 Å². The summed E-state index contributed by atoms with van der Waals surface area (Å²) in [5.74, 6) is -0.490. The molecule has 0 unspecified atom stereocenters. The van der Waals surface area contributed by atoms with Gasteiger partial charge in [0.1, 0.15) is 4.70 Å². The van der Waals surface area contributed by atoms with E-state index in [0.717, 1.165) is 66.3 Å². The third kappa shape index (κ3) is 9.31. The molecule has 0 spiro atoms. The summed E-state index contributed by atoms with van der Waals surface area (Å²) in [4.78, 5) is 3.33. The third-order valence-electron chi connectivity index (χ3n) is 7.65. The van der Waals surface area contributed by atoms with Crippen molar-refractivity contribution in [2.24, 2.45) is 0 Å². The van der Waals surface area contributed by atoms with Crippen LogP contribution in [-0.2, 0) is 26.8 Å². The van der Waals surface area contributed by atoms with Gasteiger partial charge >= 0.3 is 0 Å². The van der Waals surface area contributed by atoms with E-state index in [4.69, 9.17) is 20.7 Å². The number of thiazole rings is 1. The van der Waals surface area contributed by atoms with Crippen molar-refractivity contribution < 1.29 is 30.5 Å². The normalized spacial score (nSPS) is 17.8. The molecule has 3 aromatic rings. The summed E-state index contributed by atoms with van der Waals surface area (Å²) in [5, 5.41) is 2.83. The van der Waals surface area contributed by atoms with E-state index in [-0.39, 0.29) is 11.5 Å². The average Bonchev–Trinajstić information content (AvgIpc) is 3.52. The van der Waals surface area contributed by atoms with Gasteiger partial charge < -0.3 is 4.90 Å². The van der Waals surface area contributed by atoms with Gasteiger partial charge in [0.25, 0.3) is 25.2 Å². The van der Waals surface area contributed by atoms with Gasteiger partial charge in [-0.05, 0) is 73.9 Å². The Labute approximate surface area is 278 Å². The van der Waals surface area contributed by atoms with E-state index in [0.29, 0.717) is 38.8 Å². The predicted molar refractivity (Wildman–Crippen MR) is 185 cm³/mol. The first kappa shape index (κ1) is 33.9. The van der Waals surface area contributed by atoms with Gasteiger partial charge in [-0.2, -0.15) is 21.4 Å². The number of rotatable bonds is 13. The molecular weight excluding hydrogens is 672 g/mol. The molecular formula is C32H36ClN2O6S4+. The first-order valence-corrected chi connectivity index (χ1v) is 20.1. The minimum atomic E-state index is -3.97. The summed E-state index contributed by atoms with van der Waals surface area (Å²) in [6, 6.07) is 16.3. The van der Waals surface area contributed by atoms with Gasteiger partial charge in [-0.25, -0.2) is 0 Å². The third-order valence-corrected chi connectivity index (χ3v) is 12.0. The van der Waals surface area contributed by atoms with Gasteiger partial charge in [-0.3, -0.25) is 9.11 Å². The van der Waals surface area contributed by atoms with Crippen LogP contribution in [0.15, 0.2) is 92.9 Å². The molecule has 2 aliphatic rings. The van der Waals surface area contributed by atoms with Crippen molar-refractivity contribution in [3.8, 4) is 0 Å². The number of nitrogens with zero attached hydrogens (tertiary/aromatic N) is 2. The molecule has 0 radical (unpaired) electrons. The van der Waals surface area contributed by atoms with Crippen molar-refractivity contribution in [2.45, 2.75) is 56.4 Å². The van der Waals surface area contributed by atoms with E-state index in [1.165, 1.54) is 0 Å². The maximum Gasteiger partial charge on any atom is 0.264 e. The van der Waals surface area contributed by atoms with Gasteiger partial charge in [-0.15, -0.1) is 0 Å². The highest BCUT2D eigenvalue weighted by Gasteiger charge is 2.25. The Hall–Kier alpha value is -2.45. The van der Waals surface area contributed by atoms with Crippen LogP contribution >= 0.6 is 34.7 Å². The van der Waals surface area contributed by atoms with Crippen molar-refractivity contribution in [1.82, 2.24) is 0 Å². The number of unbranched alkanes of at least 4 members (excludes halogenated alkanes) is 2. The number of aromatic nitrogens is 1. The molecule has 1 aliphatic carbocycles. The number of benzene rings is 2. The quantitative estimate of drug-likeness (QED) is 0.106. The summed E-state index contributed by atoms with van der Waals surface area (Å²) < 4.78 is 66.2. The Morgan fingerprint density at radius 1 is 0.867 bits per heavy atom. The predicted octanol–water partition coefficient (Wildman–Crippen LogP) is 7.59. The van der Waals surface area contributed by atoms with Gasteiger partial charge in [0.05, 0.1) is 22.2 Å². The van der Waals surface area contributed by atoms with Crippen LogP contribution in [0.4, 0.5) is 5.69 Å². The molecule has 0 fully saturated rings. The lowest BCUT2D eigenvalue weighted by molar-refractivity contribution is -0.669. The number of hydrogen-bond donors (Lipinski definition) is 2. The summed E-state index contributed by atoms with van der Waals surface area (Å²) in [6.45, 7) is 1.27. The van der Waals surface area contributed by atoms with Crippen LogP contribution in [0.2, 0.25) is 0 Å². The fraction of sp³-hybridized carbons (Fsp3) is 0.344. The lowest BCUT2D eigenvalue weighted by Gasteiger charge is -2.20. The summed E-state index contributed by atoms with van der Waals surface area (Å²) in [5.41, 5.74) is 4.30. The lowest BCUT2D eigenvalue weighted by atomic mass is 9.94. The fourth-order valence-electron chi connectivity index (χ4n) is 5.48. The standard InChI is InChI=1S/C32H35ClN2O6S4/c33-32-24(16-18-30-34(20-5-7-22-44(36,37)38)26-12-1-3-14-28(26)42-30)10-9-11-25(32)17-19-31-35(21-6-8-23-45(39,40)41)27-13-2-4-15-29(27)43-31/h1-4,12-19H,5-11,20-23H2,(H-,36,37,38,39,40,41)/p+1. The minimum absolute atomic E-state index is 0.245.